The number of carbonyl (C=O) groups excluding carboxylic acids is 2. The molecule has 3 aromatic carbocycles. The molecule has 0 bridgehead atoms. The average molecular weight is 562 g/mol. The Labute approximate surface area is 205 Å². The molecule has 0 saturated carbocycles. The molecule has 0 amide bonds. The fourth-order valence-electron chi connectivity index (χ4n) is 3.23. The second-order valence-electron chi connectivity index (χ2n) is 6.86. The summed E-state index contributed by atoms with van der Waals surface area (Å²) in [6, 6.07) is 15.1. The van der Waals surface area contributed by atoms with E-state index in [1.807, 2.05) is 0 Å². The van der Waals surface area contributed by atoms with Gasteiger partial charge in [0.15, 0.2) is 17.3 Å². The van der Waals surface area contributed by atoms with E-state index in [9.17, 15) is 9.59 Å². The Morgan fingerprint density at radius 3 is 1.97 bits per heavy atom. The van der Waals surface area contributed by atoms with Gasteiger partial charge in [-0.2, -0.15) is 0 Å². The van der Waals surface area contributed by atoms with E-state index < -0.39 is 5.97 Å². The van der Waals surface area contributed by atoms with Crippen LogP contribution in [0.5, 0.6) is 28.7 Å². The van der Waals surface area contributed by atoms with E-state index in [1.54, 1.807) is 55.6 Å². The molecule has 172 valence electrons. The summed E-state index contributed by atoms with van der Waals surface area (Å²) in [4.78, 5) is 26.2. The van der Waals surface area contributed by atoms with E-state index >= 15 is 0 Å². The molecule has 3 rings (SSSR count). The van der Waals surface area contributed by atoms with Gasteiger partial charge in [-0.25, -0.2) is 4.79 Å². The molecule has 0 radical (unpaired) electrons. The first-order valence-electron chi connectivity index (χ1n) is 9.88. The SMILES string of the molecule is COc1cc(OC)c(C(=O)Cc2cc(OC)c(OC)cc2I)c(OC(=O)c2ccccc2)c1. The Morgan fingerprint density at radius 2 is 1.36 bits per heavy atom. The number of Topliss-reactive ketones (excluding diaryl/α,β-unsaturated/α-hetero) is 1. The maximum absolute atomic E-state index is 13.5. The van der Waals surface area contributed by atoms with Crippen LogP contribution in [0.2, 0.25) is 0 Å². The molecule has 0 saturated heterocycles. The van der Waals surface area contributed by atoms with Crippen molar-refractivity contribution in [1.29, 1.82) is 0 Å². The molecule has 0 atom stereocenters. The highest BCUT2D eigenvalue weighted by atomic mass is 127. The second kappa shape index (κ2) is 11.0. The second-order valence-corrected chi connectivity index (χ2v) is 8.02. The molecule has 0 aliphatic heterocycles. The van der Waals surface area contributed by atoms with Crippen LogP contribution in [0, 0.1) is 3.57 Å². The first kappa shape index (κ1) is 24.4. The van der Waals surface area contributed by atoms with Gasteiger partial charge in [-0.15, -0.1) is 0 Å². The number of hydrogen-bond donors (Lipinski definition) is 0. The Balaban J connectivity index is 2.02. The van der Waals surface area contributed by atoms with E-state index in [0.717, 1.165) is 9.13 Å². The molecule has 0 spiro atoms. The number of ketones is 1. The molecule has 0 aromatic heterocycles. The lowest BCUT2D eigenvalue weighted by Crippen LogP contribution is -2.14. The van der Waals surface area contributed by atoms with Crippen molar-refractivity contribution >= 4 is 34.3 Å². The van der Waals surface area contributed by atoms with E-state index in [-0.39, 0.29) is 29.3 Å². The predicted molar refractivity (Wildman–Crippen MR) is 131 cm³/mol. The Morgan fingerprint density at radius 1 is 0.758 bits per heavy atom. The fraction of sp³-hybridized carbons (Fsp3) is 0.200. The van der Waals surface area contributed by atoms with Crippen molar-refractivity contribution in [2.24, 2.45) is 0 Å². The highest BCUT2D eigenvalue weighted by molar-refractivity contribution is 14.1. The number of halogens is 1. The zero-order valence-electron chi connectivity index (χ0n) is 18.6. The summed E-state index contributed by atoms with van der Waals surface area (Å²) in [5, 5.41) is 0. The van der Waals surface area contributed by atoms with Gasteiger partial charge in [-0.05, 0) is 52.4 Å². The molecular formula is C25H23IO7. The largest absolute Gasteiger partial charge is 0.496 e. The van der Waals surface area contributed by atoms with Crippen LogP contribution in [0.15, 0.2) is 54.6 Å². The third kappa shape index (κ3) is 5.57. The molecule has 0 aliphatic carbocycles. The summed E-state index contributed by atoms with van der Waals surface area (Å²) < 4.78 is 27.9. The minimum atomic E-state index is -0.597. The van der Waals surface area contributed by atoms with Crippen LogP contribution in [0.1, 0.15) is 26.3 Å². The predicted octanol–water partition coefficient (Wildman–Crippen LogP) is 4.97. The third-order valence-electron chi connectivity index (χ3n) is 4.89. The Hall–Kier alpha value is -3.27. The summed E-state index contributed by atoms with van der Waals surface area (Å²) >= 11 is 2.14. The van der Waals surface area contributed by atoms with Gasteiger partial charge in [0.2, 0.25) is 0 Å². The maximum Gasteiger partial charge on any atom is 0.343 e. The van der Waals surface area contributed by atoms with Crippen molar-refractivity contribution in [3.8, 4) is 28.7 Å². The van der Waals surface area contributed by atoms with E-state index in [1.165, 1.54) is 27.4 Å². The van der Waals surface area contributed by atoms with Gasteiger partial charge in [0, 0.05) is 22.1 Å². The van der Waals surface area contributed by atoms with Gasteiger partial charge in [0.25, 0.3) is 0 Å². The highest BCUT2D eigenvalue weighted by Crippen LogP contribution is 2.37. The van der Waals surface area contributed by atoms with Gasteiger partial charge in [0.1, 0.15) is 22.8 Å². The minimum absolute atomic E-state index is 0.0250. The van der Waals surface area contributed by atoms with Crippen LogP contribution < -0.4 is 23.7 Å². The number of hydrogen-bond acceptors (Lipinski definition) is 7. The molecular weight excluding hydrogens is 539 g/mol. The quantitative estimate of drug-likeness (QED) is 0.158. The van der Waals surface area contributed by atoms with Crippen molar-refractivity contribution < 1.29 is 33.3 Å². The normalized spacial score (nSPS) is 10.3. The monoisotopic (exact) mass is 562 g/mol. The zero-order valence-corrected chi connectivity index (χ0v) is 20.8. The first-order valence-corrected chi connectivity index (χ1v) is 11.0. The van der Waals surface area contributed by atoms with Crippen molar-refractivity contribution in [3.05, 3.63) is 74.9 Å². The van der Waals surface area contributed by atoms with E-state index in [0.29, 0.717) is 22.8 Å². The van der Waals surface area contributed by atoms with Gasteiger partial charge in [0.05, 0.1) is 34.0 Å². The van der Waals surface area contributed by atoms with Crippen LogP contribution in [0.3, 0.4) is 0 Å². The summed E-state index contributed by atoms with van der Waals surface area (Å²) in [5.41, 5.74) is 1.23. The summed E-state index contributed by atoms with van der Waals surface area (Å²) in [6.45, 7) is 0. The van der Waals surface area contributed by atoms with Crippen LogP contribution in [-0.2, 0) is 6.42 Å². The lowest BCUT2D eigenvalue weighted by atomic mass is 10.0. The maximum atomic E-state index is 13.5. The van der Waals surface area contributed by atoms with E-state index in [4.69, 9.17) is 23.7 Å². The topological polar surface area (TPSA) is 80.3 Å². The van der Waals surface area contributed by atoms with Gasteiger partial charge < -0.3 is 23.7 Å². The van der Waals surface area contributed by atoms with E-state index in [2.05, 4.69) is 22.6 Å². The van der Waals surface area contributed by atoms with Gasteiger partial charge >= 0.3 is 5.97 Å². The van der Waals surface area contributed by atoms with Crippen molar-refractivity contribution in [2.75, 3.05) is 28.4 Å². The highest BCUT2D eigenvalue weighted by Gasteiger charge is 2.24. The summed E-state index contributed by atoms with van der Waals surface area (Å²) in [6.07, 6.45) is 0.0250. The summed E-state index contributed by atoms with van der Waals surface area (Å²) in [5.74, 6) is 0.873. The molecule has 0 fully saturated rings. The van der Waals surface area contributed by atoms with Crippen LogP contribution in [-0.4, -0.2) is 40.2 Å². The Bertz CT molecular complexity index is 1160. The van der Waals surface area contributed by atoms with Crippen LogP contribution >= 0.6 is 22.6 Å². The van der Waals surface area contributed by atoms with Crippen molar-refractivity contribution in [2.45, 2.75) is 6.42 Å². The van der Waals surface area contributed by atoms with Crippen LogP contribution in [0.25, 0.3) is 0 Å². The fourth-order valence-corrected chi connectivity index (χ4v) is 3.86. The van der Waals surface area contributed by atoms with Gasteiger partial charge in [-0.3, -0.25) is 4.79 Å². The van der Waals surface area contributed by atoms with Gasteiger partial charge in [-0.1, -0.05) is 18.2 Å². The van der Waals surface area contributed by atoms with Crippen molar-refractivity contribution in [1.82, 2.24) is 0 Å². The number of rotatable bonds is 9. The molecule has 0 unspecified atom stereocenters. The standard InChI is InChI=1S/C25H23IO7/c1-29-17-12-22(32-4)24(23(13-17)33-25(28)15-8-6-5-7-9-15)19(27)10-16-11-20(30-2)21(31-3)14-18(16)26/h5-9,11-14H,10H2,1-4H3. The first-order chi connectivity index (χ1) is 15.9. The Kier molecular flexibility index (Phi) is 8.16. The molecule has 3 aromatic rings. The molecule has 8 heteroatoms. The van der Waals surface area contributed by atoms with Crippen molar-refractivity contribution in [3.63, 3.8) is 0 Å². The number of methoxy groups -OCH3 is 4. The lowest BCUT2D eigenvalue weighted by molar-refractivity contribution is 0.0732. The average Bonchev–Trinajstić information content (AvgIpc) is 2.84. The number of benzene rings is 3. The zero-order chi connectivity index (χ0) is 24.0. The molecule has 7 nitrogen and oxygen atoms in total. The molecule has 0 heterocycles. The smallest absolute Gasteiger partial charge is 0.343 e. The molecule has 0 N–H and O–H groups in total. The number of ether oxygens (including phenoxy) is 5. The minimum Gasteiger partial charge on any atom is -0.496 e. The lowest BCUT2D eigenvalue weighted by Gasteiger charge is -2.16. The number of carbonyl (C=O) groups is 2. The van der Waals surface area contributed by atoms with Crippen LogP contribution in [0.4, 0.5) is 0 Å². The molecule has 0 aliphatic rings. The number of esters is 1. The molecule has 33 heavy (non-hydrogen) atoms. The summed E-state index contributed by atoms with van der Waals surface area (Å²) in [7, 11) is 6.00. The third-order valence-corrected chi connectivity index (χ3v) is 5.89.